The predicted octanol–water partition coefficient (Wildman–Crippen LogP) is 3.72. The van der Waals surface area contributed by atoms with Crippen molar-refractivity contribution in [2.75, 3.05) is 0 Å². The Hall–Kier alpha value is -0.350. The average Bonchev–Trinajstić information content (AvgIpc) is 2.35. The maximum absolute atomic E-state index is 6.21. The van der Waals surface area contributed by atoms with Crippen LogP contribution in [0.25, 0.3) is 0 Å². The number of hydrazine groups is 1. The molecular weight excluding hydrogens is 269 g/mol. The highest BCUT2D eigenvalue weighted by molar-refractivity contribution is 6.34. The van der Waals surface area contributed by atoms with Gasteiger partial charge in [0.1, 0.15) is 0 Å². The zero-order chi connectivity index (χ0) is 13.1. The Morgan fingerprint density at radius 1 is 1.33 bits per heavy atom. The minimum atomic E-state index is 0.0160. The minimum Gasteiger partial charge on any atom is -0.271 e. The molecule has 1 aromatic heterocycles. The maximum atomic E-state index is 6.21. The van der Waals surface area contributed by atoms with E-state index in [1.165, 1.54) is 12.8 Å². The van der Waals surface area contributed by atoms with Crippen LogP contribution in [-0.4, -0.2) is 4.98 Å². The van der Waals surface area contributed by atoms with Crippen LogP contribution in [0, 0.1) is 11.8 Å². The molecule has 0 radical (unpaired) electrons. The molecule has 0 amide bonds. The molecule has 1 saturated carbocycles. The van der Waals surface area contributed by atoms with E-state index in [1.807, 2.05) is 0 Å². The van der Waals surface area contributed by atoms with Gasteiger partial charge >= 0.3 is 0 Å². The van der Waals surface area contributed by atoms with Gasteiger partial charge in [-0.05, 0) is 30.7 Å². The molecule has 1 heterocycles. The van der Waals surface area contributed by atoms with E-state index in [0.29, 0.717) is 16.0 Å². The van der Waals surface area contributed by atoms with E-state index in [-0.39, 0.29) is 6.04 Å². The van der Waals surface area contributed by atoms with Crippen LogP contribution in [0.4, 0.5) is 0 Å². The zero-order valence-electron chi connectivity index (χ0n) is 10.5. The van der Waals surface area contributed by atoms with E-state index in [9.17, 15) is 0 Å². The van der Waals surface area contributed by atoms with Crippen molar-refractivity contribution in [1.82, 2.24) is 10.4 Å². The van der Waals surface area contributed by atoms with Crippen LogP contribution in [0.15, 0.2) is 12.3 Å². The fraction of sp³-hybridized carbons (Fsp3) is 0.615. The second-order valence-corrected chi connectivity index (χ2v) is 6.03. The van der Waals surface area contributed by atoms with E-state index in [2.05, 4.69) is 17.3 Å². The number of hydrogen-bond acceptors (Lipinski definition) is 3. The van der Waals surface area contributed by atoms with Crippen molar-refractivity contribution >= 4 is 23.2 Å². The number of pyridine rings is 1. The molecule has 1 aromatic rings. The molecule has 2 rings (SSSR count). The molecule has 1 aliphatic carbocycles. The SMILES string of the molecule is CC1CCC(C(NN)c2ncc(Cl)cc2Cl)CC1. The number of nitrogens with zero attached hydrogens (tertiary/aromatic N) is 1. The summed E-state index contributed by atoms with van der Waals surface area (Å²) in [5.74, 6) is 7.01. The molecule has 1 unspecified atom stereocenters. The molecule has 0 aromatic carbocycles. The Morgan fingerprint density at radius 3 is 2.56 bits per heavy atom. The monoisotopic (exact) mass is 287 g/mol. The zero-order valence-corrected chi connectivity index (χ0v) is 12.0. The summed E-state index contributed by atoms with van der Waals surface area (Å²) in [7, 11) is 0. The summed E-state index contributed by atoms with van der Waals surface area (Å²) >= 11 is 12.1. The first-order chi connectivity index (χ1) is 8.61. The van der Waals surface area contributed by atoms with E-state index in [4.69, 9.17) is 29.0 Å². The van der Waals surface area contributed by atoms with Gasteiger partial charge < -0.3 is 0 Å². The van der Waals surface area contributed by atoms with Crippen molar-refractivity contribution in [3.63, 3.8) is 0 Å². The number of nitrogens with one attached hydrogen (secondary N) is 1. The fourth-order valence-electron chi connectivity index (χ4n) is 2.71. The highest BCUT2D eigenvalue weighted by Crippen LogP contribution is 2.37. The standard InChI is InChI=1S/C13H19Cl2N3/c1-8-2-4-9(5-3-8)12(18-16)13-11(15)6-10(14)7-17-13/h6-9,12,18H,2-5,16H2,1H3. The van der Waals surface area contributed by atoms with Gasteiger partial charge in [0.15, 0.2) is 0 Å². The molecule has 1 atom stereocenters. The highest BCUT2D eigenvalue weighted by atomic mass is 35.5. The third-order valence-corrected chi connectivity index (χ3v) is 4.35. The minimum absolute atomic E-state index is 0.0160. The molecule has 1 aliphatic rings. The van der Waals surface area contributed by atoms with Crippen LogP contribution < -0.4 is 11.3 Å². The average molecular weight is 288 g/mol. The van der Waals surface area contributed by atoms with Gasteiger partial charge in [0.05, 0.1) is 21.8 Å². The van der Waals surface area contributed by atoms with Crippen molar-refractivity contribution in [3.05, 3.63) is 28.0 Å². The lowest BCUT2D eigenvalue weighted by Crippen LogP contribution is -2.36. The fourth-order valence-corrected chi connectivity index (χ4v) is 3.21. The first-order valence-electron chi connectivity index (χ1n) is 6.39. The summed E-state index contributed by atoms with van der Waals surface area (Å²) in [5.41, 5.74) is 3.68. The number of aromatic nitrogens is 1. The second-order valence-electron chi connectivity index (χ2n) is 5.18. The van der Waals surface area contributed by atoms with Gasteiger partial charge in [-0.15, -0.1) is 0 Å². The summed E-state index contributed by atoms with van der Waals surface area (Å²) in [6, 6.07) is 1.74. The normalized spacial score (nSPS) is 26.0. The lowest BCUT2D eigenvalue weighted by Gasteiger charge is -2.32. The third-order valence-electron chi connectivity index (χ3n) is 3.84. The summed E-state index contributed by atoms with van der Waals surface area (Å²) in [6.07, 6.45) is 6.44. The van der Waals surface area contributed by atoms with Crippen LogP contribution >= 0.6 is 23.2 Å². The number of halogens is 2. The smallest absolute Gasteiger partial charge is 0.0776 e. The van der Waals surface area contributed by atoms with Gasteiger partial charge in [0.25, 0.3) is 0 Å². The first kappa shape index (κ1) is 14.1. The maximum Gasteiger partial charge on any atom is 0.0776 e. The van der Waals surface area contributed by atoms with Gasteiger partial charge in [-0.25, -0.2) is 0 Å². The van der Waals surface area contributed by atoms with Crippen LogP contribution in [0.1, 0.15) is 44.3 Å². The van der Waals surface area contributed by atoms with Crippen molar-refractivity contribution in [2.45, 2.75) is 38.6 Å². The number of hydrogen-bond donors (Lipinski definition) is 2. The van der Waals surface area contributed by atoms with Gasteiger partial charge in [0.2, 0.25) is 0 Å². The van der Waals surface area contributed by atoms with Gasteiger partial charge in [-0.1, -0.05) is 43.0 Å². The van der Waals surface area contributed by atoms with Crippen LogP contribution in [0.2, 0.25) is 10.0 Å². The summed E-state index contributed by atoms with van der Waals surface area (Å²) in [6.45, 7) is 2.30. The first-order valence-corrected chi connectivity index (χ1v) is 7.14. The second kappa shape index (κ2) is 6.20. The van der Waals surface area contributed by atoms with Crippen molar-refractivity contribution in [2.24, 2.45) is 17.7 Å². The molecular formula is C13H19Cl2N3. The van der Waals surface area contributed by atoms with Crippen LogP contribution in [-0.2, 0) is 0 Å². The largest absolute Gasteiger partial charge is 0.271 e. The number of nitrogens with two attached hydrogens (primary N) is 1. The Kier molecular flexibility index (Phi) is 4.84. The molecule has 0 aliphatic heterocycles. The highest BCUT2D eigenvalue weighted by Gasteiger charge is 2.28. The Balaban J connectivity index is 2.17. The third kappa shape index (κ3) is 3.15. The lowest BCUT2D eigenvalue weighted by atomic mass is 9.78. The molecule has 3 N–H and O–H groups in total. The summed E-state index contributed by atoms with van der Waals surface area (Å²) in [4.78, 5) is 4.34. The van der Waals surface area contributed by atoms with E-state index < -0.39 is 0 Å². The topological polar surface area (TPSA) is 50.9 Å². The number of rotatable bonds is 3. The van der Waals surface area contributed by atoms with Crippen molar-refractivity contribution < 1.29 is 0 Å². The Morgan fingerprint density at radius 2 is 2.00 bits per heavy atom. The van der Waals surface area contributed by atoms with Gasteiger partial charge in [-0.2, -0.15) is 0 Å². The Labute approximate surface area is 118 Å². The molecule has 18 heavy (non-hydrogen) atoms. The van der Waals surface area contributed by atoms with E-state index in [1.54, 1.807) is 12.3 Å². The van der Waals surface area contributed by atoms with Gasteiger partial charge in [0, 0.05) is 6.20 Å². The molecule has 3 nitrogen and oxygen atoms in total. The summed E-state index contributed by atoms with van der Waals surface area (Å²) in [5, 5.41) is 1.14. The molecule has 1 fully saturated rings. The quantitative estimate of drug-likeness (QED) is 0.658. The Bertz CT molecular complexity index is 403. The molecule has 0 spiro atoms. The van der Waals surface area contributed by atoms with Crippen LogP contribution in [0.3, 0.4) is 0 Å². The van der Waals surface area contributed by atoms with Gasteiger partial charge in [-0.3, -0.25) is 16.3 Å². The summed E-state index contributed by atoms with van der Waals surface area (Å²) < 4.78 is 0. The van der Waals surface area contributed by atoms with Crippen LogP contribution in [0.5, 0.6) is 0 Å². The molecule has 0 bridgehead atoms. The van der Waals surface area contributed by atoms with E-state index >= 15 is 0 Å². The molecule has 0 saturated heterocycles. The molecule has 5 heteroatoms. The lowest BCUT2D eigenvalue weighted by molar-refractivity contribution is 0.230. The molecule has 100 valence electrons. The van der Waals surface area contributed by atoms with Crippen molar-refractivity contribution in [3.8, 4) is 0 Å². The van der Waals surface area contributed by atoms with Crippen molar-refractivity contribution in [1.29, 1.82) is 0 Å². The predicted molar refractivity (Wildman–Crippen MR) is 75.4 cm³/mol. The van der Waals surface area contributed by atoms with E-state index in [0.717, 1.165) is 24.5 Å².